The lowest BCUT2D eigenvalue weighted by Crippen LogP contribution is -2.37. The van der Waals surface area contributed by atoms with Crippen LogP contribution in [0.15, 0.2) is 40.2 Å². The first kappa shape index (κ1) is 14.0. The van der Waals surface area contributed by atoms with Crippen LogP contribution in [0.1, 0.15) is 5.56 Å². The van der Waals surface area contributed by atoms with E-state index in [-0.39, 0.29) is 5.39 Å². The Morgan fingerprint density at radius 1 is 1.09 bits per heavy atom. The smallest absolute Gasteiger partial charge is 0.332 e. The van der Waals surface area contributed by atoms with Gasteiger partial charge in [-0.25, -0.2) is 14.8 Å². The van der Waals surface area contributed by atoms with Gasteiger partial charge in [0.15, 0.2) is 5.65 Å². The molecule has 0 saturated carbocycles. The Balaban J connectivity index is 2.27. The fourth-order valence-corrected chi connectivity index (χ4v) is 2.35. The monoisotopic (exact) mass is 297 g/mol. The molecule has 2 aromatic heterocycles. The maximum Gasteiger partial charge on any atom is 0.332 e. The van der Waals surface area contributed by atoms with Gasteiger partial charge in [-0.2, -0.15) is 0 Å². The predicted octanol–water partition coefficient (Wildman–Crippen LogP) is 1.08. The molecule has 1 N–H and O–H groups in total. The highest BCUT2D eigenvalue weighted by Gasteiger charge is 2.14. The van der Waals surface area contributed by atoms with Gasteiger partial charge >= 0.3 is 5.69 Å². The number of benzene rings is 1. The molecule has 3 rings (SSSR count). The number of hydrogen-bond donors (Lipinski definition) is 1. The van der Waals surface area contributed by atoms with Crippen molar-refractivity contribution in [1.82, 2.24) is 19.1 Å². The minimum atomic E-state index is -0.422. The third-order valence-corrected chi connectivity index (χ3v) is 3.52. The fraction of sp³-hybridized carbons (Fsp3) is 0.200. The Kier molecular flexibility index (Phi) is 3.25. The maximum absolute atomic E-state index is 12.4. The number of rotatable bonds is 2. The van der Waals surface area contributed by atoms with E-state index in [2.05, 4.69) is 15.3 Å². The first-order valence-electron chi connectivity index (χ1n) is 6.73. The van der Waals surface area contributed by atoms with Crippen LogP contribution in [0.25, 0.3) is 11.0 Å². The molecule has 0 fully saturated rings. The molecule has 0 aliphatic rings. The lowest BCUT2D eigenvalue weighted by atomic mass is 10.2. The van der Waals surface area contributed by atoms with Crippen LogP contribution < -0.4 is 16.6 Å². The van der Waals surface area contributed by atoms with Crippen LogP contribution in [0.4, 0.5) is 11.5 Å². The van der Waals surface area contributed by atoms with Gasteiger partial charge < -0.3 is 5.32 Å². The van der Waals surface area contributed by atoms with E-state index < -0.39 is 11.2 Å². The van der Waals surface area contributed by atoms with Crippen molar-refractivity contribution in [2.75, 3.05) is 5.32 Å². The van der Waals surface area contributed by atoms with Crippen molar-refractivity contribution in [2.45, 2.75) is 6.92 Å². The first-order chi connectivity index (χ1) is 10.5. The maximum atomic E-state index is 12.4. The van der Waals surface area contributed by atoms with E-state index in [0.717, 1.165) is 15.8 Å². The van der Waals surface area contributed by atoms with Crippen LogP contribution in [0.5, 0.6) is 0 Å². The van der Waals surface area contributed by atoms with Gasteiger partial charge in [-0.1, -0.05) is 12.1 Å². The lowest BCUT2D eigenvalue weighted by molar-refractivity contribution is 0.706. The molecule has 0 bridgehead atoms. The van der Waals surface area contributed by atoms with Gasteiger partial charge in [-0.05, 0) is 24.6 Å². The molecule has 1 aromatic carbocycles. The molecule has 0 spiro atoms. The Hall–Kier alpha value is -2.96. The molecule has 2 heterocycles. The largest absolute Gasteiger partial charge is 0.339 e. The molecule has 7 nitrogen and oxygen atoms in total. The molecule has 0 atom stereocenters. The zero-order valence-electron chi connectivity index (χ0n) is 12.5. The lowest BCUT2D eigenvalue weighted by Gasteiger charge is -2.11. The Bertz CT molecular complexity index is 987. The SMILES string of the molecule is Cc1cccc(Nc2ncnc3c2c(=O)n(C)c(=O)n3C)c1. The Morgan fingerprint density at radius 3 is 2.59 bits per heavy atom. The van der Waals surface area contributed by atoms with Crippen molar-refractivity contribution in [2.24, 2.45) is 14.1 Å². The standard InChI is InChI=1S/C15H15N5O2/c1-9-5-4-6-10(7-9)18-12-11-13(17-8-16-12)19(2)15(22)20(3)14(11)21/h4-8H,1-3H3,(H,16,17,18). The molecule has 0 saturated heterocycles. The summed E-state index contributed by atoms with van der Waals surface area (Å²) in [5.41, 5.74) is 1.37. The second kappa shape index (κ2) is 5.10. The second-order valence-corrected chi connectivity index (χ2v) is 5.12. The van der Waals surface area contributed by atoms with Crippen LogP contribution >= 0.6 is 0 Å². The molecular formula is C15H15N5O2. The average molecular weight is 297 g/mol. The van der Waals surface area contributed by atoms with E-state index >= 15 is 0 Å². The molecule has 22 heavy (non-hydrogen) atoms. The molecule has 112 valence electrons. The number of hydrogen-bond acceptors (Lipinski definition) is 5. The molecule has 0 aliphatic heterocycles. The number of anilines is 2. The highest BCUT2D eigenvalue weighted by atomic mass is 16.2. The average Bonchev–Trinajstić information content (AvgIpc) is 2.50. The van der Waals surface area contributed by atoms with Crippen molar-refractivity contribution in [3.05, 3.63) is 57.0 Å². The summed E-state index contributed by atoms with van der Waals surface area (Å²) in [5.74, 6) is 0.381. The summed E-state index contributed by atoms with van der Waals surface area (Å²) in [6.45, 7) is 1.98. The number of aryl methyl sites for hydroxylation is 2. The van der Waals surface area contributed by atoms with Gasteiger partial charge in [0, 0.05) is 19.8 Å². The van der Waals surface area contributed by atoms with E-state index in [9.17, 15) is 9.59 Å². The highest BCUT2D eigenvalue weighted by molar-refractivity contribution is 5.87. The topological polar surface area (TPSA) is 81.8 Å². The van der Waals surface area contributed by atoms with Gasteiger partial charge in [0.2, 0.25) is 0 Å². The van der Waals surface area contributed by atoms with Crippen molar-refractivity contribution in [1.29, 1.82) is 0 Å². The van der Waals surface area contributed by atoms with Crippen LogP contribution in [-0.4, -0.2) is 19.1 Å². The minimum absolute atomic E-state index is 0.286. The number of fused-ring (bicyclic) bond motifs is 1. The molecule has 0 unspecified atom stereocenters. The fourth-order valence-electron chi connectivity index (χ4n) is 2.35. The summed E-state index contributed by atoms with van der Waals surface area (Å²) in [5, 5.41) is 3.41. The third kappa shape index (κ3) is 2.16. The van der Waals surface area contributed by atoms with Gasteiger partial charge in [-0.15, -0.1) is 0 Å². The van der Waals surface area contributed by atoms with Gasteiger partial charge in [0.25, 0.3) is 5.56 Å². The summed E-state index contributed by atoms with van der Waals surface area (Å²) < 4.78 is 2.38. The summed E-state index contributed by atoms with van der Waals surface area (Å²) >= 11 is 0. The minimum Gasteiger partial charge on any atom is -0.339 e. The molecule has 7 heteroatoms. The molecule has 0 amide bonds. The van der Waals surface area contributed by atoms with Gasteiger partial charge in [0.05, 0.1) is 0 Å². The zero-order valence-corrected chi connectivity index (χ0v) is 12.5. The number of aromatic nitrogens is 4. The van der Waals surface area contributed by atoms with E-state index in [4.69, 9.17) is 0 Å². The van der Waals surface area contributed by atoms with E-state index in [1.165, 1.54) is 17.9 Å². The van der Waals surface area contributed by atoms with Crippen LogP contribution in [0.2, 0.25) is 0 Å². The normalized spacial score (nSPS) is 10.9. The zero-order chi connectivity index (χ0) is 15.9. The van der Waals surface area contributed by atoms with Gasteiger partial charge in [0.1, 0.15) is 17.5 Å². The summed E-state index contributed by atoms with van der Waals surface area (Å²) in [6.07, 6.45) is 1.33. The first-order valence-corrected chi connectivity index (χ1v) is 6.73. The van der Waals surface area contributed by atoms with E-state index in [1.807, 2.05) is 31.2 Å². The quantitative estimate of drug-likeness (QED) is 0.765. The van der Waals surface area contributed by atoms with E-state index in [1.54, 1.807) is 7.05 Å². The molecular weight excluding hydrogens is 282 g/mol. The highest BCUT2D eigenvalue weighted by Crippen LogP contribution is 2.19. The predicted molar refractivity (Wildman–Crippen MR) is 84.5 cm³/mol. The van der Waals surface area contributed by atoms with E-state index in [0.29, 0.717) is 11.5 Å². The number of nitrogens with one attached hydrogen (secondary N) is 1. The van der Waals surface area contributed by atoms with Crippen molar-refractivity contribution in [3.8, 4) is 0 Å². The van der Waals surface area contributed by atoms with Crippen molar-refractivity contribution in [3.63, 3.8) is 0 Å². The van der Waals surface area contributed by atoms with Crippen molar-refractivity contribution >= 4 is 22.5 Å². The summed E-state index contributed by atoms with van der Waals surface area (Å²) in [4.78, 5) is 32.6. The van der Waals surface area contributed by atoms with Crippen molar-refractivity contribution < 1.29 is 0 Å². The molecule has 0 aliphatic carbocycles. The van der Waals surface area contributed by atoms with Crippen LogP contribution in [-0.2, 0) is 14.1 Å². The summed E-state index contributed by atoms with van der Waals surface area (Å²) in [6, 6.07) is 7.72. The molecule has 3 aromatic rings. The number of nitrogens with zero attached hydrogens (tertiary/aromatic N) is 4. The van der Waals surface area contributed by atoms with Crippen LogP contribution in [0.3, 0.4) is 0 Å². The van der Waals surface area contributed by atoms with Crippen LogP contribution in [0, 0.1) is 6.92 Å². The Morgan fingerprint density at radius 2 is 1.86 bits per heavy atom. The third-order valence-electron chi connectivity index (χ3n) is 3.52. The molecule has 0 radical (unpaired) electrons. The summed E-state index contributed by atoms with van der Waals surface area (Å²) in [7, 11) is 3.01. The second-order valence-electron chi connectivity index (χ2n) is 5.12. The Labute approximate surface area is 125 Å². The van der Waals surface area contributed by atoms with Gasteiger partial charge in [-0.3, -0.25) is 13.9 Å².